The molecular formula is C20H18N4O4S. The predicted molar refractivity (Wildman–Crippen MR) is 105 cm³/mol. The first-order valence-corrected chi connectivity index (χ1v) is 9.90. The third-order valence-electron chi connectivity index (χ3n) is 5.36. The molecular weight excluding hydrogens is 392 g/mol. The number of esters is 1. The fourth-order valence-corrected chi connectivity index (χ4v) is 5.20. The van der Waals surface area contributed by atoms with Gasteiger partial charge in [0.15, 0.2) is 4.80 Å². The molecule has 29 heavy (non-hydrogen) atoms. The van der Waals surface area contributed by atoms with E-state index in [9.17, 15) is 9.59 Å². The molecule has 4 heterocycles. The van der Waals surface area contributed by atoms with Gasteiger partial charge in [0.25, 0.3) is 5.56 Å². The zero-order chi connectivity index (χ0) is 20.3. The van der Waals surface area contributed by atoms with Crippen LogP contribution >= 0.6 is 11.3 Å². The van der Waals surface area contributed by atoms with Crippen molar-refractivity contribution in [3.05, 3.63) is 67.5 Å². The molecule has 0 saturated heterocycles. The SMILES string of the molecule is COC(=O)[C@@H]1[C@H]2c3ccccc3O[C@@]1(C)N=c1s/c(=C/c3cnn(C)c3)c(=O)n12. The Kier molecular flexibility index (Phi) is 3.79. The number of fused-ring (bicyclic) bond motifs is 6. The van der Waals surface area contributed by atoms with Gasteiger partial charge in [0, 0.05) is 24.4 Å². The number of hydrogen-bond acceptors (Lipinski definition) is 7. The maximum atomic E-state index is 13.4. The number of para-hydroxylation sites is 1. The Labute approximate surface area is 169 Å². The zero-order valence-corrected chi connectivity index (χ0v) is 16.8. The number of aryl methyl sites for hydroxylation is 1. The molecule has 0 amide bonds. The molecule has 3 aromatic rings. The molecule has 2 aliphatic rings. The Morgan fingerprint density at radius 2 is 2.17 bits per heavy atom. The standard InChI is InChI=1S/C20H18N4O4S/c1-20-15(18(26)27-3)16(12-6-4-5-7-13(12)28-20)24-17(25)14(29-19(24)22-20)8-11-9-21-23(2)10-11/h4-10,15-16H,1-3H3/b14-8+/t15-,16+,20+/m0/s1. The van der Waals surface area contributed by atoms with Gasteiger partial charge in [-0.3, -0.25) is 18.8 Å². The maximum absolute atomic E-state index is 13.4. The number of carbonyl (C=O) groups excluding carboxylic acids is 1. The quantitative estimate of drug-likeness (QED) is 0.577. The second-order valence-corrected chi connectivity index (χ2v) is 8.28. The topological polar surface area (TPSA) is 87.7 Å². The van der Waals surface area contributed by atoms with Crippen molar-refractivity contribution in [3.63, 3.8) is 0 Å². The summed E-state index contributed by atoms with van der Waals surface area (Å²) in [7, 11) is 3.15. The second kappa shape index (κ2) is 6.15. The summed E-state index contributed by atoms with van der Waals surface area (Å²) in [6.45, 7) is 1.76. The van der Waals surface area contributed by atoms with Crippen LogP contribution in [-0.4, -0.2) is 33.2 Å². The highest BCUT2D eigenvalue weighted by molar-refractivity contribution is 7.07. The minimum absolute atomic E-state index is 0.199. The van der Waals surface area contributed by atoms with Gasteiger partial charge >= 0.3 is 5.97 Å². The van der Waals surface area contributed by atoms with Crippen molar-refractivity contribution >= 4 is 23.4 Å². The molecule has 0 unspecified atom stereocenters. The van der Waals surface area contributed by atoms with E-state index in [4.69, 9.17) is 14.5 Å². The molecule has 2 aliphatic heterocycles. The highest BCUT2D eigenvalue weighted by atomic mass is 32.1. The maximum Gasteiger partial charge on any atom is 0.317 e. The van der Waals surface area contributed by atoms with Gasteiger partial charge in [-0.15, -0.1) is 0 Å². The molecule has 9 heteroatoms. The van der Waals surface area contributed by atoms with Crippen LogP contribution in [0.1, 0.15) is 24.1 Å². The van der Waals surface area contributed by atoms with E-state index >= 15 is 0 Å². The highest BCUT2D eigenvalue weighted by Crippen LogP contribution is 2.47. The van der Waals surface area contributed by atoms with E-state index in [0.717, 1.165) is 11.1 Å². The molecule has 1 aromatic carbocycles. The van der Waals surface area contributed by atoms with Crippen LogP contribution in [0, 0.1) is 5.92 Å². The number of carbonyl (C=O) groups is 1. The zero-order valence-electron chi connectivity index (χ0n) is 16.0. The van der Waals surface area contributed by atoms with Crippen LogP contribution in [0.15, 0.2) is 46.4 Å². The summed E-state index contributed by atoms with van der Waals surface area (Å²) >= 11 is 1.28. The lowest BCUT2D eigenvalue weighted by Gasteiger charge is -2.44. The monoisotopic (exact) mass is 410 g/mol. The van der Waals surface area contributed by atoms with Crippen molar-refractivity contribution in [2.75, 3.05) is 7.11 Å². The molecule has 148 valence electrons. The van der Waals surface area contributed by atoms with Crippen LogP contribution in [0.4, 0.5) is 0 Å². The van der Waals surface area contributed by atoms with Gasteiger partial charge in [0.05, 0.1) is 23.9 Å². The van der Waals surface area contributed by atoms with Crippen LogP contribution in [0.25, 0.3) is 6.08 Å². The van der Waals surface area contributed by atoms with Gasteiger partial charge < -0.3 is 9.47 Å². The molecule has 5 rings (SSSR count). The second-order valence-electron chi connectivity index (χ2n) is 7.27. The van der Waals surface area contributed by atoms with Gasteiger partial charge in [-0.2, -0.15) is 5.10 Å². The summed E-state index contributed by atoms with van der Waals surface area (Å²) in [4.78, 5) is 31.3. The Balaban J connectivity index is 1.81. The van der Waals surface area contributed by atoms with Gasteiger partial charge in [-0.25, -0.2) is 4.99 Å². The predicted octanol–water partition coefficient (Wildman–Crippen LogP) is 0.592. The minimum Gasteiger partial charge on any atom is -0.469 e. The van der Waals surface area contributed by atoms with E-state index < -0.39 is 23.7 Å². The summed E-state index contributed by atoms with van der Waals surface area (Å²) in [6.07, 6.45) is 5.30. The van der Waals surface area contributed by atoms with Gasteiger partial charge in [0.2, 0.25) is 5.72 Å². The first-order chi connectivity index (χ1) is 13.9. The van der Waals surface area contributed by atoms with E-state index in [1.54, 1.807) is 28.4 Å². The van der Waals surface area contributed by atoms with Gasteiger partial charge in [-0.1, -0.05) is 29.5 Å². The van der Waals surface area contributed by atoms with E-state index in [1.807, 2.05) is 37.5 Å². The number of rotatable bonds is 2. The normalized spacial score (nSPS) is 24.9. The number of hydrogen-bond donors (Lipinski definition) is 0. The lowest BCUT2D eigenvalue weighted by Crippen LogP contribution is -2.58. The Morgan fingerprint density at radius 1 is 1.38 bits per heavy atom. The van der Waals surface area contributed by atoms with Crippen LogP contribution in [0.2, 0.25) is 0 Å². The van der Waals surface area contributed by atoms with Crippen LogP contribution in [0.5, 0.6) is 5.75 Å². The Bertz CT molecular complexity index is 1320. The number of benzene rings is 1. The average Bonchev–Trinajstić information content (AvgIpc) is 3.23. The van der Waals surface area contributed by atoms with Crippen molar-refractivity contribution < 1.29 is 14.3 Å². The molecule has 0 aliphatic carbocycles. The summed E-state index contributed by atoms with van der Waals surface area (Å²) in [6, 6.07) is 6.87. The lowest BCUT2D eigenvalue weighted by atomic mass is 9.81. The molecule has 2 bridgehead atoms. The largest absolute Gasteiger partial charge is 0.469 e. The highest BCUT2D eigenvalue weighted by Gasteiger charge is 2.55. The van der Waals surface area contributed by atoms with Crippen molar-refractivity contribution in [3.8, 4) is 5.75 Å². The Hall–Kier alpha value is -3.20. The minimum atomic E-state index is -1.16. The van der Waals surface area contributed by atoms with Crippen LogP contribution < -0.4 is 19.6 Å². The number of methoxy groups -OCH3 is 1. The first kappa shape index (κ1) is 17.9. The summed E-state index contributed by atoms with van der Waals surface area (Å²) in [5.41, 5.74) is 0.230. The van der Waals surface area contributed by atoms with Crippen LogP contribution in [-0.2, 0) is 16.6 Å². The van der Waals surface area contributed by atoms with E-state index in [2.05, 4.69) is 5.10 Å². The molecule has 3 atom stereocenters. The van der Waals surface area contributed by atoms with Crippen molar-refractivity contribution in [1.82, 2.24) is 14.3 Å². The molecule has 0 fully saturated rings. The third kappa shape index (κ3) is 2.57. The molecule has 8 nitrogen and oxygen atoms in total. The summed E-state index contributed by atoms with van der Waals surface area (Å²) in [5, 5.41) is 4.14. The van der Waals surface area contributed by atoms with Crippen LogP contribution in [0.3, 0.4) is 0 Å². The first-order valence-electron chi connectivity index (χ1n) is 9.08. The van der Waals surface area contributed by atoms with Gasteiger partial charge in [0.1, 0.15) is 11.7 Å². The summed E-state index contributed by atoms with van der Waals surface area (Å²) in [5.74, 6) is -0.615. The number of thiazole rings is 1. The number of nitrogens with zero attached hydrogens (tertiary/aromatic N) is 4. The molecule has 2 aromatic heterocycles. The van der Waals surface area contributed by atoms with Crippen molar-refractivity contribution in [2.24, 2.45) is 18.0 Å². The Morgan fingerprint density at radius 3 is 2.90 bits per heavy atom. The number of aromatic nitrogens is 3. The molecule has 0 spiro atoms. The fraction of sp³-hybridized carbons (Fsp3) is 0.300. The molecule has 0 N–H and O–H groups in total. The number of ether oxygens (including phenoxy) is 2. The van der Waals surface area contributed by atoms with E-state index in [1.165, 1.54) is 18.4 Å². The van der Waals surface area contributed by atoms with E-state index in [-0.39, 0.29) is 5.56 Å². The smallest absolute Gasteiger partial charge is 0.317 e. The molecule has 0 saturated carbocycles. The third-order valence-corrected chi connectivity index (χ3v) is 6.34. The molecule has 0 radical (unpaired) electrons. The van der Waals surface area contributed by atoms with Gasteiger partial charge in [-0.05, 0) is 19.1 Å². The van der Waals surface area contributed by atoms with E-state index in [0.29, 0.717) is 15.1 Å². The van der Waals surface area contributed by atoms with Crippen molar-refractivity contribution in [1.29, 1.82) is 0 Å². The summed E-state index contributed by atoms with van der Waals surface area (Å²) < 4.78 is 15.0. The lowest BCUT2D eigenvalue weighted by molar-refractivity contribution is -0.158. The fourth-order valence-electron chi connectivity index (χ4n) is 4.10. The van der Waals surface area contributed by atoms with Crippen molar-refractivity contribution in [2.45, 2.75) is 18.7 Å². The average molecular weight is 410 g/mol.